The molecular weight excluding hydrogens is 156 g/mol. The predicted molar refractivity (Wildman–Crippen MR) is 41.8 cm³/mol. The van der Waals surface area contributed by atoms with E-state index in [-0.39, 0.29) is 5.84 Å². The standard InChI is InChI=1S/C6H6N6/c7-6(8)4-1-2-12-5(3-4)9-10-11-12/h1-3H,(H3,7,8). The lowest BCUT2D eigenvalue weighted by atomic mass is 10.2. The molecule has 0 aliphatic rings. The number of aromatic nitrogens is 4. The smallest absolute Gasteiger partial charge is 0.179 e. The lowest BCUT2D eigenvalue weighted by molar-refractivity contribution is 0.823. The Labute approximate surface area is 67.5 Å². The summed E-state index contributed by atoms with van der Waals surface area (Å²) in [7, 11) is 0. The highest BCUT2D eigenvalue weighted by Crippen LogP contribution is 2.01. The third-order valence-corrected chi connectivity index (χ3v) is 1.51. The average molecular weight is 162 g/mol. The summed E-state index contributed by atoms with van der Waals surface area (Å²) >= 11 is 0. The number of amidine groups is 1. The number of fused-ring (bicyclic) bond motifs is 1. The lowest BCUT2D eigenvalue weighted by Crippen LogP contribution is -2.11. The Bertz CT molecular complexity index is 430. The van der Waals surface area contributed by atoms with Crippen LogP contribution in [0.4, 0.5) is 0 Å². The molecule has 2 rings (SSSR count). The second kappa shape index (κ2) is 2.26. The number of hydrogen-bond acceptors (Lipinski definition) is 4. The fraction of sp³-hybridized carbons (Fsp3) is 0. The van der Waals surface area contributed by atoms with E-state index in [0.717, 1.165) is 0 Å². The maximum absolute atomic E-state index is 7.16. The molecule has 0 aliphatic heterocycles. The van der Waals surface area contributed by atoms with Crippen LogP contribution in [0.25, 0.3) is 5.65 Å². The van der Waals surface area contributed by atoms with Gasteiger partial charge in [-0.3, -0.25) is 5.41 Å². The molecule has 6 heteroatoms. The van der Waals surface area contributed by atoms with Crippen LogP contribution in [0.15, 0.2) is 18.3 Å². The third kappa shape index (κ3) is 0.895. The molecule has 0 aliphatic carbocycles. The molecule has 0 saturated carbocycles. The monoisotopic (exact) mass is 162 g/mol. The molecule has 12 heavy (non-hydrogen) atoms. The zero-order valence-corrected chi connectivity index (χ0v) is 6.10. The first kappa shape index (κ1) is 6.71. The highest BCUT2D eigenvalue weighted by atomic mass is 15.5. The van der Waals surface area contributed by atoms with Crippen molar-refractivity contribution in [1.29, 1.82) is 5.41 Å². The van der Waals surface area contributed by atoms with Crippen LogP contribution >= 0.6 is 0 Å². The first-order chi connectivity index (χ1) is 5.77. The molecule has 0 unspecified atom stereocenters. The third-order valence-electron chi connectivity index (χ3n) is 1.51. The van der Waals surface area contributed by atoms with Gasteiger partial charge in [0.25, 0.3) is 0 Å². The second-order valence-corrected chi connectivity index (χ2v) is 2.31. The minimum Gasteiger partial charge on any atom is -0.384 e. The Hall–Kier alpha value is -1.98. The summed E-state index contributed by atoms with van der Waals surface area (Å²) in [6.45, 7) is 0. The fourth-order valence-electron chi connectivity index (χ4n) is 0.907. The molecule has 0 radical (unpaired) electrons. The Morgan fingerprint density at radius 1 is 1.58 bits per heavy atom. The van der Waals surface area contributed by atoms with Gasteiger partial charge in [0.05, 0.1) is 0 Å². The number of nitrogens with one attached hydrogen (secondary N) is 1. The lowest BCUT2D eigenvalue weighted by Gasteiger charge is -1.95. The molecule has 6 nitrogen and oxygen atoms in total. The van der Waals surface area contributed by atoms with Crippen molar-refractivity contribution in [3.63, 3.8) is 0 Å². The van der Waals surface area contributed by atoms with Crippen molar-refractivity contribution in [2.24, 2.45) is 5.73 Å². The minimum atomic E-state index is 0.0144. The van der Waals surface area contributed by atoms with Crippen LogP contribution in [0.3, 0.4) is 0 Å². The highest BCUT2D eigenvalue weighted by molar-refractivity contribution is 5.95. The minimum absolute atomic E-state index is 0.0144. The molecule has 2 heterocycles. The number of nitrogen functional groups attached to an aromatic ring is 1. The largest absolute Gasteiger partial charge is 0.384 e. The molecule has 0 atom stereocenters. The van der Waals surface area contributed by atoms with E-state index < -0.39 is 0 Å². The van der Waals surface area contributed by atoms with Gasteiger partial charge >= 0.3 is 0 Å². The summed E-state index contributed by atoms with van der Waals surface area (Å²) in [5.74, 6) is 0.0144. The van der Waals surface area contributed by atoms with E-state index >= 15 is 0 Å². The van der Waals surface area contributed by atoms with E-state index in [9.17, 15) is 0 Å². The van der Waals surface area contributed by atoms with Crippen molar-refractivity contribution in [2.45, 2.75) is 0 Å². The quantitative estimate of drug-likeness (QED) is 0.433. The Kier molecular flexibility index (Phi) is 1.26. The number of nitrogens with two attached hydrogens (primary N) is 1. The van der Waals surface area contributed by atoms with Gasteiger partial charge in [0.15, 0.2) is 5.65 Å². The van der Waals surface area contributed by atoms with Crippen LogP contribution in [-0.2, 0) is 0 Å². The van der Waals surface area contributed by atoms with Gasteiger partial charge in [0, 0.05) is 11.8 Å². The van der Waals surface area contributed by atoms with Gasteiger partial charge in [-0.05, 0) is 22.6 Å². The predicted octanol–water partition coefficient (Wildman–Crippen LogP) is -0.592. The Morgan fingerprint density at radius 3 is 3.17 bits per heavy atom. The van der Waals surface area contributed by atoms with E-state index in [1.165, 1.54) is 4.52 Å². The van der Waals surface area contributed by atoms with Gasteiger partial charge in [-0.1, -0.05) is 0 Å². The molecule has 0 bridgehead atoms. The zero-order valence-electron chi connectivity index (χ0n) is 6.10. The molecule has 0 amide bonds. The van der Waals surface area contributed by atoms with Crippen LogP contribution in [0.1, 0.15) is 5.56 Å². The van der Waals surface area contributed by atoms with Gasteiger partial charge < -0.3 is 5.73 Å². The Balaban J connectivity index is 2.68. The maximum Gasteiger partial charge on any atom is 0.179 e. The second-order valence-electron chi connectivity index (χ2n) is 2.31. The summed E-state index contributed by atoms with van der Waals surface area (Å²) in [5.41, 5.74) is 6.49. The van der Waals surface area contributed by atoms with Gasteiger partial charge in [-0.2, -0.15) is 0 Å². The van der Waals surface area contributed by atoms with Gasteiger partial charge in [-0.25, -0.2) is 4.52 Å². The van der Waals surface area contributed by atoms with Gasteiger partial charge in [0.2, 0.25) is 0 Å². The number of pyridine rings is 1. The number of nitrogens with zero attached hydrogens (tertiary/aromatic N) is 4. The van der Waals surface area contributed by atoms with Crippen molar-refractivity contribution < 1.29 is 0 Å². The summed E-state index contributed by atoms with van der Waals surface area (Å²) in [5, 5.41) is 18.0. The average Bonchev–Trinajstić information content (AvgIpc) is 2.49. The van der Waals surface area contributed by atoms with E-state index in [0.29, 0.717) is 11.2 Å². The van der Waals surface area contributed by atoms with Crippen LogP contribution in [-0.4, -0.2) is 25.9 Å². The molecule has 0 fully saturated rings. The first-order valence-electron chi connectivity index (χ1n) is 3.29. The molecule has 60 valence electrons. The molecule has 2 aromatic rings. The molecule has 2 aromatic heterocycles. The summed E-state index contributed by atoms with van der Waals surface area (Å²) in [6.07, 6.45) is 1.66. The van der Waals surface area contributed by atoms with Crippen molar-refractivity contribution in [3.05, 3.63) is 23.9 Å². The van der Waals surface area contributed by atoms with Crippen LogP contribution < -0.4 is 5.73 Å². The van der Waals surface area contributed by atoms with Crippen LogP contribution in [0.2, 0.25) is 0 Å². The van der Waals surface area contributed by atoms with Crippen molar-refractivity contribution in [3.8, 4) is 0 Å². The number of hydrogen-bond donors (Lipinski definition) is 2. The van der Waals surface area contributed by atoms with E-state index in [4.69, 9.17) is 11.1 Å². The number of tetrazole rings is 1. The van der Waals surface area contributed by atoms with E-state index in [1.807, 2.05) is 0 Å². The van der Waals surface area contributed by atoms with Crippen molar-refractivity contribution in [1.82, 2.24) is 20.0 Å². The summed E-state index contributed by atoms with van der Waals surface area (Å²) < 4.78 is 1.51. The maximum atomic E-state index is 7.16. The van der Waals surface area contributed by atoms with Gasteiger partial charge in [0.1, 0.15) is 5.84 Å². The summed E-state index contributed by atoms with van der Waals surface area (Å²) in [4.78, 5) is 0. The molecule has 0 saturated heterocycles. The zero-order chi connectivity index (χ0) is 8.55. The molecule has 0 aromatic carbocycles. The van der Waals surface area contributed by atoms with Crippen LogP contribution in [0.5, 0.6) is 0 Å². The molecule has 3 N–H and O–H groups in total. The normalized spacial score (nSPS) is 10.3. The topological polar surface area (TPSA) is 93.0 Å². The first-order valence-corrected chi connectivity index (χ1v) is 3.29. The van der Waals surface area contributed by atoms with Crippen molar-refractivity contribution in [2.75, 3.05) is 0 Å². The van der Waals surface area contributed by atoms with E-state index in [2.05, 4.69) is 15.5 Å². The fourth-order valence-corrected chi connectivity index (χ4v) is 0.907. The Morgan fingerprint density at radius 2 is 2.42 bits per heavy atom. The van der Waals surface area contributed by atoms with Gasteiger partial charge in [-0.15, -0.1) is 5.10 Å². The number of rotatable bonds is 1. The molecular formula is C6H6N6. The SMILES string of the molecule is N=C(N)c1ccn2nnnc2c1. The highest BCUT2D eigenvalue weighted by Gasteiger charge is 1.99. The van der Waals surface area contributed by atoms with E-state index in [1.54, 1.807) is 18.3 Å². The van der Waals surface area contributed by atoms with Crippen LogP contribution in [0, 0.1) is 5.41 Å². The molecule has 0 spiro atoms. The van der Waals surface area contributed by atoms with Crippen molar-refractivity contribution >= 4 is 11.5 Å². The summed E-state index contributed by atoms with van der Waals surface area (Å²) in [6, 6.07) is 3.34.